The summed E-state index contributed by atoms with van der Waals surface area (Å²) in [6.45, 7) is 10.3. The lowest BCUT2D eigenvalue weighted by Crippen LogP contribution is -2.47. The van der Waals surface area contributed by atoms with Crippen molar-refractivity contribution in [3.63, 3.8) is 0 Å². The summed E-state index contributed by atoms with van der Waals surface area (Å²) >= 11 is 0. The molecule has 92 valence electrons. The first-order chi connectivity index (χ1) is 7.01. The van der Waals surface area contributed by atoms with Crippen LogP contribution < -0.4 is 5.73 Å². The highest BCUT2D eigenvalue weighted by Crippen LogP contribution is 2.33. The quantitative estimate of drug-likeness (QED) is 0.518. The Balaban J connectivity index is 4.23. The maximum Gasteiger partial charge on any atom is 0.343 e. The molecule has 0 saturated carbocycles. The molecule has 2 N–H and O–H groups in total. The maximum atomic E-state index is 6.06. The Morgan fingerprint density at radius 2 is 1.60 bits per heavy atom. The van der Waals surface area contributed by atoms with Crippen LogP contribution in [0.4, 0.5) is 0 Å². The molecule has 4 heteroatoms. The van der Waals surface area contributed by atoms with Crippen molar-refractivity contribution in [3.8, 4) is 0 Å². The van der Waals surface area contributed by atoms with Gasteiger partial charge in [-0.25, -0.2) is 0 Å². The second-order valence-corrected chi connectivity index (χ2v) is 9.03. The summed E-state index contributed by atoms with van der Waals surface area (Å²) in [6.07, 6.45) is 2.07. The van der Waals surface area contributed by atoms with Crippen molar-refractivity contribution in [2.24, 2.45) is 5.73 Å². The van der Waals surface area contributed by atoms with Gasteiger partial charge in [0.25, 0.3) is 0 Å². The van der Waals surface area contributed by atoms with Gasteiger partial charge >= 0.3 is 8.56 Å². The standard InChI is InChI=1S/C11H27NO2Si/c1-10(2)15(13-5,11(3)4)14-9-7-6-8-12/h10-11H,6-9,12H2,1-5H3. The van der Waals surface area contributed by atoms with Crippen LogP contribution in [0.5, 0.6) is 0 Å². The van der Waals surface area contributed by atoms with Crippen molar-refractivity contribution in [2.45, 2.75) is 51.6 Å². The van der Waals surface area contributed by atoms with Gasteiger partial charge in [0, 0.05) is 13.7 Å². The molecule has 0 heterocycles. The van der Waals surface area contributed by atoms with Crippen LogP contribution in [0.2, 0.25) is 11.1 Å². The van der Waals surface area contributed by atoms with Gasteiger partial charge in [-0.05, 0) is 30.5 Å². The SMILES string of the molecule is CO[Si](OCCCCN)(C(C)C)C(C)C. The third-order valence-corrected chi connectivity index (χ3v) is 7.37. The lowest BCUT2D eigenvalue weighted by molar-refractivity contribution is 0.179. The second kappa shape index (κ2) is 7.38. The molecule has 0 amide bonds. The summed E-state index contributed by atoms with van der Waals surface area (Å²) < 4.78 is 11.8. The van der Waals surface area contributed by atoms with Gasteiger partial charge in [0.1, 0.15) is 0 Å². The lowest BCUT2D eigenvalue weighted by atomic mass is 10.3. The molecule has 0 unspecified atom stereocenters. The highest BCUT2D eigenvalue weighted by molar-refractivity contribution is 6.70. The normalized spacial score (nSPS) is 12.8. The van der Waals surface area contributed by atoms with E-state index in [2.05, 4.69) is 27.7 Å². The molecule has 0 saturated heterocycles. The first-order valence-electron chi connectivity index (χ1n) is 5.90. The Morgan fingerprint density at radius 1 is 1.07 bits per heavy atom. The van der Waals surface area contributed by atoms with Crippen LogP contribution in [-0.2, 0) is 8.85 Å². The molecule has 0 aromatic carbocycles. The van der Waals surface area contributed by atoms with E-state index in [0.29, 0.717) is 11.1 Å². The Labute approximate surface area is 95.6 Å². The van der Waals surface area contributed by atoms with Crippen molar-refractivity contribution in [3.05, 3.63) is 0 Å². The first kappa shape index (κ1) is 15.1. The largest absolute Gasteiger partial charge is 0.397 e. The maximum absolute atomic E-state index is 6.06. The van der Waals surface area contributed by atoms with Gasteiger partial charge in [0.15, 0.2) is 0 Å². The van der Waals surface area contributed by atoms with Crippen LogP contribution in [0, 0.1) is 0 Å². The minimum absolute atomic E-state index is 0.486. The topological polar surface area (TPSA) is 44.5 Å². The van der Waals surface area contributed by atoms with E-state index in [4.69, 9.17) is 14.6 Å². The number of rotatable bonds is 8. The highest BCUT2D eigenvalue weighted by atomic mass is 28.4. The molecule has 3 nitrogen and oxygen atoms in total. The fourth-order valence-electron chi connectivity index (χ4n) is 2.01. The minimum Gasteiger partial charge on any atom is -0.397 e. The van der Waals surface area contributed by atoms with Gasteiger partial charge in [-0.3, -0.25) is 0 Å². The molecule has 0 fully saturated rings. The second-order valence-electron chi connectivity index (χ2n) is 4.58. The molecule has 0 aliphatic carbocycles. The molecule has 0 bridgehead atoms. The molecule has 0 spiro atoms. The molecule has 0 aliphatic rings. The Bertz CT molecular complexity index is 155. The molecule has 0 aliphatic heterocycles. The van der Waals surface area contributed by atoms with E-state index < -0.39 is 8.56 Å². The summed E-state index contributed by atoms with van der Waals surface area (Å²) in [7, 11) is -0.228. The average Bonchev–Trinajstić information content (AvgIpc) is 2.17. The van der Waals surface area contributed by atoms with E-state index in [0.717, 1.165) is 26.0 Å². The van der Waals surface area contributed by atoms with Gasteiger partial charge < -0.3 is 14.6 Å². The van der Waals surface area contributed by atoms with Crippen LogP contribution in [0.1, 0.15) is 40.5 Å². The Hall–Kier alpha value is 0.0969. The fourth-order valence-corrected chi connectivity index (χ4v) is 5.53. The lowest BCUT2D eigenvalue weighted by Gasteiger charge is -2.36. The smallest absolute Gasteiger partial charge is 0.343 e. The molecular weight excluding hydrogens is 206 g/mol. The number of hydrogen-bond donors (Lipinski definition) is 1. The van der Waals surface area contributed by atoms with Gasteiger partial charge in [-0.2, -0.15) is 0 Å². The van der Waals surface area contributed by atoms with Crippen molar-refractivity contribution in [1.29, 1.82) is 0 Å². The molecular formula is C11H27NO2Si. The van der Waals surface area contributed by atoms with E-state index >= 15 is 0 Å². The Kier molecular flexibility index (Phi) is 7.43. The predicted octanol–water partition coefficient (Wildman–Crippen LogP) is 2.65. The van der Waals surface area contributed by atoms with Crippen LogP contribution >= 0.6 is 0 Å². The van der Waals surface area contributed by atoms with E-state index in [9.17, 15) is 0 Å². The molecule has 0 atom stereocenters. The van der Waals surface area contributed by atoms with Gasteiger partial charge in [0.05, 0.1) is 0 Å². The first-order valence-corrected chi connectivity index (χ1v) is 7.87. The van der Waals surface area contributed by atoms with Gasteiger partial charge in [0.2, 0.25) is 0 Å². The third kappa shape index (κ3) is 4.22. The highest BCUT2D eigenvalue weighted by Gasteiger charge is 2.43. The van der Waals surface area contributed by atoms with Gasteiger partial charge in [-0.15, -0.1) is 0 Å². The summed E-state index contributed by atoms with van der Waals surface area (Å²) in [4.78, 5) is 0. The van der Waals surface area contributed by atoms with Crippen LogP contribution in [0.25, 0.3) is 0 Å². The van der Waals surface area contributed by atoms with Crippen LogP contribution in [0.3, 0.4) is 0 Å². The molecule has 0 radical (unpaired) electrons. The molecule has 0 rings (SSSR count). The van der Waals surface area contributed by atoms with Gasteiger partial charge in [-0.1, -0.05) is 27.7 Å². The minimum atomic E-state index is -2.01. The van der Waals surface area contributed by atoms with Crippen LogP contribution in [0.15, 0.2) is 0 Å². The summed E-state index contributed by atoms with van der Waals surface area (Å²) in [5, 5.41) is 0. The summed E-state index contributed by atoms with van der Waals surface area (Å²) in [5.41, 5.74) is 6.43. The van der Waals surface area contributed by atoms with E-state index in [1.807, 2.05) is 0 Å². The fraction of sp³-hybridized carbons (Fsp3) is 1.00. The third-order valence-electron chi connectivity index (χ3n) is 2.85. The zero-order valence-corrected chi connectivity index (χ0v) is 11.9. The number of unbranched alkanes of at least 4 members (excludes halogenated alkanes) is 1. The number of nitrogens with two attached hydrogens (primary N) is 1. The molecule has 0 aromatic heterocycles. The van der Waals surface area contributed by atoms with Crippen molar-refractivity contribution in [1.82, 2.24) is 0 Å². The van der Waals surface area contributed by atoms with Crippen molar-refractivity contribution >= 4 is 8.56 Å². The van der Waals surface area contributed by atoms with E-state index in [-0.39, 0.29) is 0 Å². The zero-order chi connectivity index (χ0) is 11.9. The van der Waals surface area contributed by atoms with Crippen molar-refractivity contribution < 1.29 is 8.85 Å². The van der Waals surface area contributed by atoms with E-state index in [1.165, 1.54) is 0 Å². The Morgan fingerprint density at radius 3 is 1.93 bits per heavy atom. The molecule has 15 heavy (non-hydrogen) atoms. The van der Waals surface area contributed by atoms with Crippen LogP contribution in [-0.4, -0.2) is 28.8 Å². The monoisotopic (exact) mass is 233 g/mol. The summed E-state index contributed by atoms with van der Waals surface area (Å²) in [6, 6.07) is 0. The average molecular weight is 233 g/mol. The zero-order valence-electron chi connectivity index (χ0n) is 10.9. The van der Waals surface area contributed by atoms with E-state index in [1.54, 1.807) is 7.11 Å². The predicted molar refractivity (Wildman–Crippen MR) is 67.2 cm³/mol. The van der Waals surface area contributed by atoms with Crippen molar-refractivity contribution in [2.75, 3.05) is 20.3 Å². The number of hydrogen-bond acceptors (Lipinski definition) is 3. The molecule has 0 aromatic rings. The summed E-state index contributed by atoms with van der Waals surface area (Å²) in [5.74, 6) is 0.